The van der Waals surface area contributed by atoms with Crippen LogP contribution in [0.15, 0.2) is 16.8 Å². The van der Waals surface area contributed by atoms with Crippen molar-refractivity contribution in [1.82, 2.24) is 5.32 Å². The summed E-state index contributed by atoms with van der Waals surface area (Å²) in [5.74, 6) is 0. The van der Waals surface area contributed by atoms with Crippen LogP contribution in [-0.2, 0) is 17.2 Å². The van der Waals surface area contributed by atoms with Gasteiger partial charge in [-0.3, -0.25) is 4.21 Å². The lowest BCUT2D eigenvalue weighted by atomic mass is 10.1. The van der Waals surface area contributed by atoms with Gasteiger partial charge in [-0.25, -0.2) is 0 Å². The van der Waals surface area contributed by atoms with E-state index in [0.717, 1.165) is 13.0 Å². The summed E-state index contributed by atoms with van der Waals surface area (Å²) < 4.78 is 11.1. The lowest BCUT2D eigenvalue weighted by molar-refractivity contribution is 0.544. The van der Waals surface area contributed by atoms with Crippen molar-refractivity contribution in [2.24, 2.45) is 0 Å². The van der Waals surface area contributed by atoms with Crippen molar-refractivity contribution >= 4 is 22.1 Å². The van der Waals surface area contributed by atoms with E-state index < -0.39 is 10.8 Å². The molecule has 0 aromatic carbocycles. The predicted molar refractivity (Wildman–Crippen MR) is 69.0 cm³/mol. The molecule has 15 heavy (non-hydrogen) atoms. The first-order chi connectivity index (χ1) is 7.09. The van der Waals surface area contributed by atoms with Gasteiger partial charge in [-0.2, -0.15) is 11.3 Å². The topological polar surface area (TPSA) is 29.1 Å². The van der Waals surface area contributed by atoms with E-state index in [1.54, 1.807) is 17.6 Å². The molecule has 1 N–H and O–H groups in total. The zero-order valence-corrected chi connectivity index (χ0v) is 11.2. The smallest absolute Gasteiger partial charge is 0.0441 e. The molecule has 0 aliphatic rings. The minimum absolute atomic E-state index is 0.231. The first kappa shape index (κ1) is 12.9. The van der Waals surface area contributed by atoms with E-state index in [0.29, 0.717) is 6.04 Å². The summed E-state index contributed by atoms with van der Waals surface area (Å²) in [5.41, 5.74) is 1.38. The lowest BCUT2D eigenvalue weighted by Gasteiger charge is -2.15. The monoisotopic (exact) mass is 245 g/mol. The Balaban J connectivity index is 2.25. The molecule has 0 saturated carbocycles. The lowest BCUT2D eigenvalue weighted by Crippen LogP contribution is -2.35. The van der Waals surface area contributed by atoms with E-state index in [2.05, 4.69) is 29.1 Å². The maximum Gasteiger partial charge on any atom is 0.0441 e. The van der Waals surface area contributed by atoms with Gasteiger partial charge in [-0.05, 0) is 42.7 Å². The van der Waals surface area contributed by atoms with E-state index in [4.69, 9.17) is 0 Å². The third-order valence-corrected chi connectivity index (χ3v) is 4.47. The second-order valence-corrected chi connectivity index (χ2v) is 6.54. The fraction of sp³-hybridized carbons (Fsp3) is 0.636. The van der Waals surface area contributed by atoms with Crippen LogP contribution >= 0.6 is 11.3 Å². The summed E-state index contributed by atoms with van der Waals surface area (Å²) in [4.78, 5) is 0. The molecule has 3 atom stereocenters. The van der Waals surface area contributed by atoms with Gasteiger partial charge in [-0.1, -0.05) is 0 Å². The van der Waals surface area contributed by atoms with Crippen LogP contribution in [0, 0.1) is 0 Å². The van der Waals surface area contributed by atoms with Crippen molar-refractivity contribution in [3.05, 3.63) is 22.4 Å². The number of rotatable bonds is 6. The molecule has 1 heterocycles. The molecule has 0 aliphatic heterocycles. The fourth-order valence-electron chi connectivity index (χ4n) is 1.32. The quantitative estimate of drug-likeness (QED) is 0.831. The average Bonchev–Trinajstić information content (AvgIpc) is 2.66. The predicted octanol–water partition coefficient (Wildman–Crippen LogP) is 2.04. The van der Waals surface area contributed by atoms with Gasteiger partial charge < -0.3 is 5.32 Å². The van der Waals surface area contributed by atoms with Crippen molar-refractivity contribution in [3.63, 3.8) is 0 Å². The number of hydrogen-bond donors (Lipinski definition) is 1. The van der Waals surface area contributed by atoms with Crippen LogP contribution in [0.5, 0.6) is 0 Å². The molecule has 0 radical (unpaired) electrons. The van der Waals surface area contributed by atoms with Crippen molar-refractivity contribution in [3.8, 4) is 0 Å². The van der Waals surface area contributed by atoms with Crippen LogP contribution in [0.4, 0.5) is 0 Å². The van der Waals surface area contributed by atoms with Crippen LogP contribution in [0.25, 0.3) is 0 Å². The maximum atomic E-state index is 11.1. The number of thiophene rings is 1. The second-order valence-electron chi connectivity index (χ2n) is 3.95. The highest BCUT2D eigenvalue weighted by molar-refractivity contribution is 7.84. The van der Waals surface area contributed by atoms with E-state index in [1.807, 2.05) is 6.92 Å². The molecule has 3 unspecified atom stereocenters. The van der Waals surface area contributed by atoms with Gasteiger partial charge in [0.05, 0.1) is 0 Å². The molecule has 0 spiro atoms. The minimum Gasteiger partial charge on any atom is -0.313 e. The van der Waals surface area contributed by atoms with Gasteiger partial charge in [0.15, 0.2) is 0 Å². The Hall–Kier alpha value is -0.190. The van der Waals surface area contributed by atoms with Gasteiger partial charge in [-0.15, -0.1) is 0 Å². The van der Waals surface area contributed by atoms with Gasteiger partial charge in [0.1, 0.15) is 0 Å². The molecule has 0 amide bonds. The van der Waals surface area contributed by atoms with E-state index >= 15 is 0 Å². The molecule has 2 nitrogen and oxygen atoms in total. The number of hydrogen-bond acceptors (Lipinski definition) is 3. The van der Waals surface area contributed by atoms with Gasteiger partial charge in [0, 0.05) is 34.9 Å². The van der Waals surface area contributed by atoms with Gasteiger partial charge >= 0.3 is 0 Å². The molecule has 0 bridgehead atoms. The number of nitrogens with one attached hydrogen (secondary N) is 1. The summed E-state index contributed by atoms with van der Waals surface area (Å²) in [5, 5.41) is 7.93. The molecular formula is C11H19NOS2. The second kappa shape index (κ2) is 6.40. The summed E-state index contributed by atoms with van der Waals surface area (Å²) in [6.07, 6.45) is 2.81. The Morgan fingerprint density at radius 2 is 2.27 bits per heavy atom. The van der Waals surface area contributed by atoms with Crippen LogP contribution in [0.2, 0.25) is 0 Å². The summed E-state index contributed by atoms with van der Waals surface area (Å²) in [6, 6.07) is 2.61. The van der Waals surface area contributed by atoms with E-state index in [9.17, 15) is 4.21 Å². The van der Waals surface area contributed by atoms with E-state index in [-0.39, 0.29) is 5.25 Å². The van der Waals surface area contributed by atoms with Crippen molar-refractivity contribution in [1.29, 1.82) is 0 Å². The Morgan fingerprint density at radius 1 is 1.53 bits per heavy atom. The molecule has 0 saturated heterocycles. The highest BCUT2D eigenvalue weighted by Gasteiger charge is 2.08. The molecule has 0 aliphatic carbocycles. The first-order valence-corrected chi connectivity index (χ1v) is 7.72. The molecular weight excluding hydrogens is 226 g/mol. The van der Waals surface area contributed by atoms with Crippen LogP contribution in [0.3, 0.4) is 0 Å². The summed E-state index contributed by atoms with van der Waals surface area (Å²) in [7, 11) is -0.726. The Bertz CT molecular complexity index is 298. The van der Waals surface area contributed by atoms with Gasteiger partial charge in [0.25, 0.3) is 0 Å². The average molecular weight is 245 g/mol. The SMILES string of the molecule is CC(Cc1ccsc1)NCC(C)S(C)=O. The zero-order valence-electron chi connectivity index (χ0n) is 9.53. The van der Waals surface area contributed by atoms with Crippen LogP contribution in [-0.4, -0.2) is 28.3 Å². The molecule has 1 aromatic heterocycles. The highest BCUT2D eigenvalue weighted by Crippen LogP contribution is 2.08. The summed E-state index contributed by atoms with van der Waals surface area (Å²) >= 11 is 1.73. The van der Waals surface area contributed by atoms with Crippen LogP contribution < -0.4 is 5.32 Å². The minimum atomic E-state index is -0.726. The molecule has 4 heteroatoms. The first-order valence-electron chi connectivity index (χ1n) is 5.16. The third kappa shape index (κ3) is 4.91. The van der Waals surface area contributed by atoms with Crippen molar-refractivity contribution in [2.45, 2.75) is 31.6 Å². The standard InChI is InChI=1S/C11H19NOS2/c1-9(6-11-4-5-14-8-11)12-7-10(2)15(3)13/h4-5,8-10,12H,6-7H2,1-3H3. The van der Waals surface area contributed by atoms with Gasteiger partial charge in [0.2, 0.25) is 0 Å². The third-order valence-electron chi connectivity index (χ3n) is 2.44. The normalized spacial score (nSPS) is 17.3. The van der Waals surface area contributed by atoms with Crippen molar-refractivity contribution in [2.75, 3.05) is 12.8 Å². The molecule has 1 rings (SSSR count). The molecule has 86 valence electrons. The van der Waals surface area contributed by atoms with Crippen LogP contribution in [0.1, 0.15) is 19.4 Å². The van der Waals surface area contributed by atoms with Crippen molar-refractivity contribution < 1.29 is 4.21 Å². The fourth-order valence-corrected chi connectivity index (χ4v) is 2.33. The van der Waals surface area contributed by atoms with E-state index in [1.165, 1.54) is 5.56 Å². The Kier molecular flexibility index (Phi) is 5.50. The zero-order chi connectivity index (χ0) is 11.3. The molecule has 1 aromatic rings. The largest absolute Gasteiger partial charge is 0.313 e. The summed E-state index contributed by atoms with van der Waals surface area (Å²) in [6.45, 7) is 5.01. The highest BCUT2D eigenvalue weighted by atomic mass is 32.2. The maximum absolute atomic E-state index is 11.1. The molecule has 0 fully saturated rings. The Labute approximate surface area is 98.6 Å². The Morgan fingerprint density at radius 3 is 2.80 bits per heavy atom.